The zero-order valence-corrected chi connectivity index (χ0v) is 14.7. The van der Waals surface area contributed by atoms with Crippen molar-refractivity contribution < 1.29 is 0 Å². The van der Waals surface area contributed by atoms with Crippen molar-refractivity contribution in [1.29, 1.82) is 0 Å². The van der Waals surface area contributed by atoms with Gasteiger partial charge in [-0.2, -0.15) is 0 Å². The molecule has 0 saturated carbocycles. The van der Waals surface area contributed by atoms with Crippen LogP contribution < -0.4 is 16.1 Å². The van der Waals surface area contributed by atoms with Crippen molar-refractivity contribution in [3.8, 4) is 11.4 Å². The number of hydrogen-bond acceptors (Lipinski definition) is 6. The average molecular weight is 340 g/mol. The zero-order valence-electron chi connectivity index (χ0n) is 14.7. The van der Waals surface area contributed by atoms with Crippen LogP contribution in [0.2, 0.25) is 0 Å². The molecule has 8 heteroatoms. The van der Waals surface area contributed by atoms with Crippen LogP contribution in [-0.2, 0) is 14.1 Å². The molecular formula is C17H20N6O2. The van der Waals surface area contributed by atoms with E-state index >= 15 is 0 Å². The van der Waals surface area contributed by atoms with Crippen LogP contribution in [0, 0.1) is 0 Å². The van der Waals surface area contributed by atoms with Gasteiger partial charge in [0.2, 0.25) is 0 Å². The first-order valence-corrected chi connectivity index (χ1v) is 8.13. The third-order valence-electron chi connectivity index (χ3n) is 4.32. The van der Waals surface area contributed by atoms with Crippen molar-refractivity contribution in [2.24, 2.45) is 14.1 Å². The minimum Gasteiger partial charge on any atom is -0.372 e. The summed E-state index contributed by atoms with van der Waals surface area (Å²) in [7, 11) is 2.96. The maximum Gasteiger partial charge on any atom is 0.332 e. The molecule has 0 spiro atoms. The highest BCUT2D eigenvalue weighted by Gasteiger charge is 2.14. The van der Waals surface area contributed by atoms with Crippen LogP contribution in [0.4, 0.5) is 5.69 Å². The number of rotatable bonds is 4. The van der Waals surface area contributed by atoms with Crippen molar-refractivity contribution in [2.45, 2.75) is 13.8 Å². The predicted octanol–water partition coefficient (Wildman–Crippen LogP) is 0.935. The van der Waals surface area contributed by atoms with Crippen LogP contribution >= 0.6 is 0 Å². The summed E-state index contributed by atoms with van der Waals surface area (Å²) in [5.74, 6) is 0.356. The molecule has 1 aromatic carbocycles. The van der Waals surface area contributed by atoms with Crippen LogP contribution in [-0.4, -0.2) is 37.4 Å². The van der Waals surface area contributed by atoms with E-state index in [4.69, 9.17) is 0 Å². The lowest BCUT2D eigenvalue weighted by Crippen LogP contribution is -2.38. The largest absolute Gasteiger partial charge is 0.372 e. The summed E-state index contributed by atoms with van der Waals surface area (Å²) in [5, 5.41) is 8.12. The van der Waals surface area contributed by atoms with Gasteiger partial charge in [-0.3, -0.25) is 13.9 Å². The van der Waals surface area contributed by atoms with Crippen LogP contribution in [0.3, 0.4) is 0 Å². The Bertz CT molecular complexity index is 1030. The van der Waals surface area contributed by atoms with Gasteiger partial charge in [-0.15, -0.1) is 10.2 Å². The van der Waals surface area contributed by atoms with Gasteiger partial charge in [-0.25, -0.2) is 9.78 Å². The molecule has 130 valence electrons. The van der Waals surface area contributed by atoms with Gasteiger partial charge in [0.1, 0.15) is 0 Å². The molecule has 0 bridgehead atoms. The van der Waals surface area contributed by atoms with Crippen molar-refractivity contribution in [2.75, 3.05) is 18.0 Å². The molecule has 0 radical (unpaired) electrons. The zero-order chi connectivity index (χ0) is 18.1. The summed E-state index contributed by atoms with van der Waals surface area (Å²) >= 11 is 0. The normalized spacial score (nSPS) is 11.0. The van der Waals surface area contributed by atoms with Crippen LogP contribution in [0.5, 0.6) is 0 Å². The standard InChI is InChI=1S/C17H20N6O2/c1-5-23(6-2)12-9-7-11(8-10-12)14-18-13-15(20-19-14)21(3)17(25)22(4)16(13)24/h7-10H,5-6H2,1-4H3. The molecule has 25 heavy (non-hydrogen) atoms. The van der Waals surface area contributed by atoms with Gasteiger partial charge in [0, 0.05) is 38.4 Å². The molecule has 0 aliphatic rings. The Morgan fingerprint density at radius 1 is 0.960 bits per heavy atom. The Hall–Kier alpha value is -3.03. The maximum absolute atomic E-state index is 12.3. The van der Waals surface area contributed by atoms with E-state index in [1.165, 1.54) is 11.6 Å². The first kappa shape index (κ1) is 16.8. The summed E-state index contributed by atoms with van der Waals surface area (Å²) < 4.78 is 2.29. The molecular weight excluding hydrogens is 320 g/mol. The van der Waals surface area contributed by atoms with Crippen molar-refractivity contribution in [3.63, 3.8) is 0 Å². The molecule has 0 unspecified atom stereocenters. The van der Waals surface area contributed by atoms with E-state index in [-0.39, 0.29) is 11.2 Å². The molecule has 0 aliphatic heterocycles. The third kappa shape index (κ3) is 2.79. The Labute approximate surface area is 144 Å². The van der Waals surface area contributed by atoms with Crippen LogP contribution in [0.1, 0.15) is 13.8 Å². The fourth-order valence-electron chi connectivity index (χ4n) is 2.78. The maximum atomic E-state index is 12.3. The first-order valence-electron chi connectivity index (χ1n) is 8.13. The van der Waals surface area contributed by atoms with Gasteiger partial charge >= 0.3 is 5.69 Å². The fraction of sp³-hybridized carbons (Fsp3) is 0.353. The van der Waals surface area contributed by atoms with E-state index in [9.17, 15) is 9.59 Å². The number of nitrogens with zero attached hydrogens (tertiary/aromatic N) is 6. The fourth-order valence-corrected chi connectivity index (χ4v) is 2.78. The highest BCUT2D eigenvalue weighted by Crippen LogP contribution is 2.20. The molecule has 0 saturated heterocycles. The van der Waals surface area contributed by atoms with Crippen molar-refractivity contribution in [1.82, 2.24) is 24.3 Å². The number of anilines is 1. The number of benzene rings is 1. The minimum atomic E-state index is -0.478. The lowest BCUT2D eigenvalue weighted by Gasteiger charge is -2.20. The van der Waals surface area contributed by atoms with Crippen molar-refractivity contribution >= 4 is 16.9 Å². The van der Waals surface area contributed by atoms with Gasteiger partial charge in [-0.05, 0) is 38.1 Å². The lowest BCUT2D eigenvalue weighted by molar-refractivity contribution is 0.698. The molecule has 0 amide bonds. The molecule has 8 nitrogen and oxygen atoms in total. The van der Waals surface area contributed by atoms with E-state index in [1.54, 1.807) is 7.05 Å². The van der Waals surface area contributed by atoms with E-state index in [0.29, 0.717) is 5.82 Å². The topological polar surface area (TPSA) is 85.9 Å². The van der Waals surface area contributed by atoms with Crippen LogP contribution in [0.25, 0.3) is 22.6 Å². The first-order chi connectivity index (χ1) is 12.0. The third-order valence-corrected chi connectivity index (χ3v) is 4.32. The molecule has 0 fully saturated rings. The molecule has 3 rings (SSSR count). The summed E-state index contributed by atoms with van der Waals surface area (Å²) in [6.07, 6.45) is 0. The van der Waals surface area contributed by atoms with Crippen LogP contribution in [0.15, 0.2) is 33.9 Å². The predicted molar refractivity (Wildman–Crippen MR) is 96.8 cm³/mol. The molecule has 2 heterocycles. The summed E-state index contributed by atoms with van der Waals surface area (Å²) in [5.41, 5.74) is 1.25. The molecule has 0 N–H and O–H groups in total. The highest BCUT2D eigenvalue weighted by atomic mass is 16.2. The number of fused-ring (bicyclic) bond motifs is 1. The Morgan fingerprint density at radius 3 is 2.20 bits per heavy atom. The molecule has 0 atom stereocenters. The second-order valence-electron chi connectivity index (χ2n) is 5.73. The SMILES string of the molecule is CCN(CC)c1ccc(-c2nnc3c(n2)c(=O)n(C)c(=O)n3C)cc1. The van der Waals surface area contributed by atoms with Gasteiger partial charge in [0.15, 0.2) is 17.0 Å². The summed E-state index contributed by atoms with van der Waals surface area (Å²) in [4.78, 5) is 30.8. The number of aromatic nitrogens is 5. The number of aryl methyl sites for hydroxylation is 1. The molecule has 3 aromatic rings. The average Bonchev–Trinajstić information content (AvgIpc) is 2.65. The van der Waals surface area contributed by atoms with Gasteiger partial charge in [-0.1, -0.05) is 0 Å². The monoisotopic (exact) mass is 340 g/mol. The highest BCUT2D eigenvalue weighted by molar-refractivity contribution is 5.71. The summed E-state index contributed by atoms with van der Waals surface area (Å²) in [6.45, 7) is 6.06. The van der Waals surface area contributed by atoms with E-state index in [1.807, 2.05) is 24.3 Å². The Morgan fingerprint density at radius 2 is 1.60 bits per heavy atom. The van der Waals surface area contributed by atoms with E-state index in [2.05, 4.69) is 33.9 Å². The number of hydrogen-bond donors (Lipinski definition) is 0. The smallest absolute Gasteiger partial charge is 0.332 e. The summed E-state index contributed by atoms with van der Waals surface area (Å²) in [6, 6.07) is 7.80. The molecule has 2 aromatic heterocycles. The van der Waals surface area contributed by atoms with Crippen molar-refractivity contribution in [3.05, 3.63) is 45.1 Å². The minimum absolute atomic E-state index is 0.127. The second-order valence-corrected chi connectivity index (χ2v) is 5.73. The second kappa shape index (κ2) is 6.46. The lowest BCUT2D eigenvalue weighted by atomic mass is 10.2. The van der Waals surface area contributed by atoms with Gasteiger partial charge < -0.3 is 4.90 Å². The van der Waals surface area contributed by atoms with Gasteiger partial charge in [0.05, 0.1) is 0 Å². The molecule has 0 aliphatic carbocycles. The quantitative estimate of drug-likeness (QED) is 0.702. The van der Waals surface area contributed by atoms with Gasteiger partial charge in [0.25, 0.3) is 5.56 Å². The van der Waals surface area contributed by atoms with E-state index < -0.39 is 11.2 Å². The van der Waals surface area contributed by atoms with E-state index in [0.717, 1.165) is 28.9 Å². The Kier molecular flexibility index (Phi) is 4.35. The Balaban J connectivity index is 2.11.